The number of hydrogen-bond acceptors (Lipinski definition) is 4. The molecule has 0 radical (unpaired) electrons. The standard InChI is InChI=1S/C20H28N4O2/c1-20(2,3)16-7-5-6-8-18(16)26-12-11-23(4)19(25)24-17-9-10-21-13-15(17)14-22-24/h5-8,14,21H,9-13H2,1-4H3. The third-order valence-corrected chi connectivity index (χ3v) is 4.70. The van der Waals surface area contributed by atoms with Crippen LogP contribution in [0.2, 0.25) is 0 Å². The number of aromatic nitrogens is 2. The first kappa shape index (κ1) is 18.5. The van der Waals surface area contributed by atoms with Crippen LogP contribution in [0.1, 0.15) is 37.6 Å². The summed E-state index contributed by atoms with van der Waals surface area (Å²) in [4.78, 5) is 14.4. The second kappa shape index (κ2) is 7.50. The highest BCUT2D eigenvalue weighted by molar-refractivity contribution is 5.76. The van der Waals surface area contributed by atoms with Gasteiger partial charge in [-0.25, -0.2) is 4.79 Å². The van der Waals surface area contributed by atoms with Gasteiger partial charge in [-0.1, -0.05) is 39.0 Å². The average Bonchev–Trinajstić information content (AvgIpc) is 3.04. The predicted octanol–water partition coefficient (Wildman–Crippen LogP) is 2.81. The van der Waals surface area contributed by atoms with Gasteiger partial charge in [0, 0.05) is 32.1 Å². The van der Waals surface area contributed by atoms with Gasteiger partial charge in [-0.2, -0.15) is 9.78 Å². The molecule has 0 aliphatic carbocycles. The van der Waals surface area contributed by atoms with Gasteiger partial charge in [-0.05, 0) is 17.0 Å². The molecule has 2 aromatic rings. The lowest BCUT2D eigenvalue weighted by molar-refractivity contribution is 0.192. The SMILES string of the molecule is CN(CCOc1ccccc1C(C)(C)C)C(=O)n1ncc2c1CCNC2. The molecule has 140 valence electrons. The van der Waals surface area contributed by atoms with Crippen molar-refractivity contribution in [1.29, 1.82) is 0 Å². The van der Waals surface area contributed by atoms with E-state index in [4.69, 9.17) is 4.74 Å². The van der Waals surface area contributed by atoms with Crippen molar-refractivity contribution in [2.75, 3.05) is 26.7 Å². The van der Waals surface area contributed by atoms with Crippen LogP contribution in [0.5, 0.6) is 5.75 Å². The summed E-state index contributed by atoms with van der Waals surface area (Å²) in [7, 11) is 1.79. The van der Waals surface area contributed by atoms with E-state index in [0.29, 0.717) is 13.2 Å². The van der Waals surface area contributed by atoms with Gasteiger partial charge in [0.2, 0.25) is 0 Å². The monoisotopic (exact) mass is 356 g/mol. The van der Waals surface area contributed by atoms with Crippen molar-refractivity contribution in [3.8, 4) is 5.75 Å². The lowest BCUT2D eigenvalue weighted by atomic mass is 9.86. The van der Waals surface area contributed by atoms with E-state index in [0.717, 1.165) is 36.5 Å². The Morgan fingerprint density at radius 2 is 2.12 bits per heavy atom. The van der Waals surface area contributed by atoms with E-state index >= 15 is 0 Å². The van der Waals surface area contributed by atoms with Crippen molar-refractivity contribution in [3.05, 3.63) is 47.3 Å². The normalized spacial score (nSPS) is 14.0. The van der Waals surface area contributed by atoms with Gasteiger partial charge in [-0.3, -0.25) is 0 Å². The molecule has 0 unspecified atom stereocenters. The summed E-state index contributed by atoms with van der Waals surface area (Å²) in [6, 6.07) is 7.97. The van der Waals surface area contributed by atoms with Gasteiger partial charge in [0.05, 0.1) is 18.4 Å². The Kier molecular flexibility index (Phi) is 5.32. The van der Waals surface area contributed by atoms with Crippen LogP contribution in [-0.4, -0.2) is 47.5 Å². The number of fused-ring (bicyclic) bond motifs is 1. The predicted molar refractivity (Wildman–Crippen MR) is 102 cm³/mol. The average molecular weight is 356 g/mol. The van der Waals surface area contributed by atoms with Crippen molar-refractivity contribution in [2.24, 2.45) is 0 Å². The molecule has 1 amide bonds. The zero-order chi connectivity index (χ0) is 18.7. The molecular weight excluding hydrogens is 328 g/mol. The highest BCUT2D eigenvalue weighted by Gasteiger charge is 2.22. The number of carbonyl (C=O) groups is 1. The Labute approximate surface area is 155 Å². The van der Waals surface area contributed by atoms with Crippen molar-refractivity contribution < 1.29 is 9.53 Å². The summed E-state index contributed by atoms with van der Waals surface area (Å²) in [6.07, 6.45) is 2.60. The highest BCUT2D eigenvalue weighted by Crippen LogP contribution is 2.30. The van der Waals surface area contributed by atoms with Crippen LogP contribution in [0.15, 0.2) is 30.5 Å². The van der Waals surface area contributed by atoms with E-state index < -0.39 is 0 Å². The molecule has 0 saturated heterocycles. The molecule has 1 aromatic carbocycles. The lowest BCUT2D eigenvalue weighted by Crippen LogP contribution is -2.37. The largest absolute Gasteiger partial charge is 0.491 e. The van der Waals surface area contributed by atoms with E-state index in [1.165, 1.54) is 10.2 Å². The van der Waals surface area contributed by atoms with Crippen LogP contribution < -0.4 is 10.1 Å². The molecule has 0 bridgehead atoms. The second-order valence-electron chi connectivity index (χ2n) is 7.75. The number of carbonyl (C=O) groups excluding carboxylic acids is 1. The van der Waals surface area contributed by atoms with Crippen molar-refractivity contribution >= 4 is 6.03 Å². The first-order valence-electron chi connectivity index (χ1n) is 9.12. The summed E-state index contributed by atoms with van der Waals surface area (Å²) in [5.41, 5.74) is 3.30. The number of benzene rings is 1. The summed E-state index contributed by atoms with van der Waals surface area (Å²) in [6.45, 7) is 9.10. The number of hydrogen-bond donors (Lipinski definition) is 1. The molecule has 6 nitrogen and oxygen atoms in total. The Morgan fingerprint density at radius 3 is 2.88 bits per heavy atom. The van der Waals surface area contributed by atoms with Gasteiger partial charge in [0.15, 0.2) is 0 Å². The minimum Gasteiger partial charge on any atom is -0.491 e. The number of rotatable bonds is 4. The zero-order valence-electron chi connectivity index (χ0n) is 16.1. The Bertz CT molecular complexity index is 776. The van der Waals surface area contributed by atoms with Crippen LogP contribution in [0.25, 0.3) is 0 Å². The van der Waals surface area contributed by atoms with Gasteiger partial charge in [-0.15, -0.1) is 0 Å². The molecule has 6 heteroatoms. The molecule has 1 aliphatic rings. The topological polar surface area (TPSA) is 59.4 Å². The van der Waals surface area contributed by atoms with Crippen LogP contribution >= 0.6 is 0 Å². The Morgan fingerprint density at radius 1 is 1.35 bits per heavy atom. The quantitative estimate of drug-likeness (QED) is 0.915. The molecule has 1 aliphatic heterocycles. The summed E-state index contributed by atoms with van der Waals surface area (Å²) in [5, 5.41) is 7.57. The lowest BCUT2D eigenvalue weighted by Gasteiger charge is -2.24. The zero-order valence-corrected chi connectivity index (χ0v) is 16.1. The minimum absolute atomic E-state index is 0.0144. The third-order valence-electron chi connectivity index (χ3n) is 4.70. The smallest absolute Gasteiger partial charge is 0.344 e. The van der Waals surface area contributed by atoms with Crippen LogP contribution in [0.4, 0.5) is 4.79 Å². The maximum absolute atomic E-state index is 12.7. The molecule has 0 atom stereocenters. The fourth-order valence-corrected chi connectivity index (χ4v) is 3.18. The number of ether oxygens (including phenoxy) is 1. The van der Waals surface area contributed by atoms with Gasteiger partial charge in [0.1, 0.15) is 12.4 Å². The van der Waals surface area contributed by atoms with Crippen molar-refractivity contribution in [2.45, 2.75) is 39.2 Å². The third kappa shape index (κ3) is 3.90. The Hall–Kier alpha value is -2.34. The van der Waals surface area contributed by atoms with E-state index in [1.807, 2.05) is 18.2 Å². The summed E-state index contributed by atoms with van der Waals surface area (Å²) >= 11 is 0. The maximum Gasteiger partial charge on any atom is 0.344 e. The molecule has 1 aromatic heterocycles. The molecule has 1 N–H and O–H groups in total. The van der Waals surface area contributed by atoms with Crippen molar-refractivity contribution in [3.63, 3.8) is 0 Å². The number of para-hydroxylation sites is 1. The second-order valence-corrected chi connectivity index (χ2v) is 7.75. The van der Waals surface area contributed by atoms with Gasteiger partial charge < -0.3 is 15.0 Å². The summed E-state index contributed by atoms with van der Waals surface area (Å²) in [5.74, 6) is 0.878. The number of nitrogens with one attached hydrogen (secondary N) is 1. The molecule has 26 heavy (non-hydrogen) atoms. The van der Waals surface area contributed by atoms with Crippen LogP contribution in [0, 0.1) is 0 Å². The first-order chi connectivity index (χ1) is 12.4. The van der Waals surface area contributed by atoms with Crippen LogP contribution in [0.3, 0.4) is 0 Å². The first-order valence-corrected chi connectivity index (χ1v) is 9.12. The van der Waals surface area contributed by atoms with E-state index in [1.54, 1.807) is 18.1 Å². The number of nitrogens with zero attached hydrogens (tertiary/aromatic N) is 3. The van der Waals surface area contributed by atoms with Gasteiger partial charge in [0.25, 0.3) is 0 Å². The highest BCUT2D eigenvalue weighted by atomic mass is 16.5. The van der Waals surface area contributed by atoms with E-state index in [-0.39, 0.29) is 11.4 Å². The fraction of sp³-hybridized carbons (Fsp3) is 0.500. The van der Waals surface area contributed by atoms with Crippen molar-refractivity contribution in [1.82, 2.24) is 20.0 Å². The van der Waals surface area contributed by atoms with Crippen LogP contribution in [-0.2, 0) is 18.4 Å². The molecule has 3 rings (SSSR count). The Balaban J connectivity index is 1.61. The summed E-state index contributed by atoms with van der Waals surface area (Å²) < 4.78 is 7.51. The molecule has 2 heterocycles. The van der Waals surface area contributed by atoms with Gasteiger partial charge >= 0.3 is 6.03 Å². The molecule has 0 saturated carbocycles. The minimum atomic E-state index is -0.110. The maximum atomic E-state index is 12.7. The molecule has 0 spiro atoms. The number of amides is 1. The number of likely N-dealkylation sites (N-methyl/N-ethyl adjacent to an activating group) is 1. The fourth-order valence-electron chi connectivity index (χ4n) is 3.18. The van der Waals surface area contributed by atoms with E-state index in [9.17, 15) is 4.79 Å². The van der Waals surface area contributed by atoms with E-state index in [2.05, 4.69) is 37.3 Å². The molecular formula is C20H28N4O2. The molecule has 0 fully saturated rings.